The molecule has 3 rings (SSSR count). The number of sulfonamides is 1. The average Bonchev–Trinajstić information content (AvgIpc) is 2.80. The standard InChI is InChI=1S/C26H28Cl2N2O4S/c1-5-24(19-8-11-25(34-4)18(3)12-19)29-26(31)16-30(22-14-20(27)13-21(28)15-22)35(32,33)23-9-6-17(2)7-10-23/h6-15,24H,5,16H2,1-4H3,(H,29,31)/t24-/m0/s1. The summed E-state index contributed by atoms with van der Waals surface area (Å²) in [6, 6.07) is 16.2. The van der Waals surface area contributed by atoms with Crippen LogP contribution in [0.15, 0.2) is 65.6 Å². The lowest BCUT2D eigenvalue weighted by Crippen LogP contribution is -2.42. The number of halogens is 2. The maximum atomic E-state index is 13.6. The summed E-state index contributed by atoms with van der Waals surface area (Å²) in [4.78, 5) is 13.2. The number of hydrogen-bond acceptors (Lipinski definition) is 4. The third-order valence-corrected chi connectivity index (χ3v) is 7.82. The number of ether oxygens (including phenoxy) is 1. The molecule has 3 aromatic carbocycles. The van der Waals surface area contributed by atoms with Gasteiger partial charge in [-0.15, -0.1) is 0 Å². The molecule has 1 N–H and O–H groups in total. The SMILES string of the molecule is CC[C@H](NC(=O)CN(c1cc(Cl)cc(Cl)c1)S(=O)(=O)c1ccc(C)cc1)c1ccc(OC)c(C)c1. The Bertz CT molecular complexity index is 1290. The molecule has 186 valence electrons. The first-order valence-corrected chi connectivity index (χ1v) is 13.2. The molecule has 0 aliphatic carbocycles. The van der Waals surface area contributed by atoms with Gasteiger partial charge in [-0.3, -0.25) is 9.10 Å². The lowest BCUT2D eigenvalue weighted by molar-refractivity contribution is -0.120. The van der Waals surface area contributed by atoms with Crippen LogP contribution in [-0.4, -0.2) is 28.0 Å². The molecule has 0 aliphatic heterocycles. The van der Waals surface area contributed by atoms with E-state index in [0.29, 0.717) is 6.42 Å². The van der Waals surface area contributed by atoms with Crippen molar-refractivity contribution in [2.45, 2.75) is 38.1 Å². The lowest BCUT2D eigenvalue weighted by Gasteiger charge is -2.26. The van der Waals surface area contributed by atoms with Crippen LogP contribution in [-0.2, 0) is 14.8 Å². The van der Waals surface area contributed by atoms with Gasteiger partial charge in [0.15, 0.2) is 0 Å². The van der Waals surface area contributed by atoms with Crippen LogP contribution in [0.1, 0.15) is 36.1 Å². The number of nitrogens with zero attached hydrogens (tertiary/aromatic N) is 1. The zero-order valence-corrected chi connectivity index (χ0v) is 22.3. The summed E-state index contributed by atoms with van der Waals surface area (Å²) in [5.74, 6) is 0.292. The summed E-state index contributed by atoms with van der Waals surface area (Å²) in [6.45, 7) is 5.29. The Hall–Kier alpha value is -2.74. The summed E-state index contributed by atoms with van der Waals surface area (Å²) in [6.07, 6.45) is 0.616. The highest BCUT2D eigenvalue weighted by Crippen LogP contribution is 2.30. The molecule has 1 atom stereocenters. The molecule has 35 heavy (non-hydrogen) atoms. The maximum absolute atomic E-state index is 13.6. The summed E-state index contributed by atoms with van der Waals surface area (Å²) in [5.41, 5.74) is 2.96. The van der Waals surface area contributed by atoms with Crippen LogP contribution in [0.2, 0.25) is 10.0 Å². The third kappa shape index (κ3) is 6.48. The normalized spacial score (nSPS) is 12.2. The number of anilines is 1. The predicted molar refractivity (Wildman–Crippen MR) is 141 cm³/mol. The zero-order chi connectivity index (χ0) is 25.8. The highest BCUT2D eigenvalue weighted by Gasteiger charge is 2.28. The van der Waals surface area contributed by atoms with E-state index in [4.69, 9.17) is 27.9 Å². The molecule has 0 aliphatic rings. The molecular formula is C26H28Cl2N2O4S. The van der Waals surface area contributed by atoms with Crippen molar-refractivity contribution in [3.8, 4) is 5.75 Å². The van der Waals surface area contributed by atoms with E-state index in [1.165, 1.54) is 30.3 Å². The van der Waals surface area contributed by atoms with Gasteiger partial charge in [-0.05, 0) is 67.8 Å². The second-order valence-electron chi connectivity index (χ2n) is 8.21. The van der Waals surface area contributed by atoms with E-state index in [1.807, 2.05) is 39.0 Å². The molecule has 0 fully saturated rings. The van der Waals surface area contributed by atoms with Crippen molar-refractivity contribution >= 4 is 44.8 Å². The smallest absolute Gasteiger partial charge is 0.264 e. The van der Waals surface area contributed by atoms with Crippen LogP contribution in [0.4, 0.5) is 5.69 Å². The molecule has 0 saturated heterocycles. The lowest BCUT2D eigenvalue weighted by atomic mass is 10.0. The quantitative estimate of drug-likeness (QED) is 0.360. The Morgan fingerprint density at radius 3 is 2.17 bits per heavy atom. The van der Waals surface area contributed by atoms with Gasteiger partial charge in [-0.2, -0.15) is 0 Å². The second-order valence-corrected chi connectivity index (χ2v) is 10.9. The predicted octanol–water partition coefficient (Wildman–Crippen LogP) is 6.08. The summed E-state index contributed by atoms with van der Waals surface area (Å²) < 4.78 is 33.5. The van der Waals surface area contributed by atoms with E-state index in [2.05, 4.69) is 5.32 Å². The number of aryl methyl sites for hydroxylation is 2. The Morgan fingerprint density at radius 2 is 1.63 bits per heavy atom. The first-order chi connectivity index (χ1) is 16.5. The van der Waals surface area contributed by atoms with Crippen molar-refractivity contribution in [1.82, 2.24) is 5.32 Å². The van der Waals surface area contributed by atoms with E-state index in [-0.39, 0.29) is 26.7 Å². The van der Waals surface area contributed by atoms with Crippen molar-refractivity contribution in [3.05, 3.63) is 87.4 Å². The zero-order valence-electron chi connectivity index (χ0n) is 20.0. The van der Waals surface area contributed by atoms with Crippen LogP contribution in [0.25, 0.3) is 0 Å². The highest BCUT2D eigenvalue weighted by molar-refractivity contribution is 7.92. The fraction of sp³-hybridized carbons (Fsp3) is 0.269. The molecule has 0 radical (unpaired) electrons. The number of amides is 1. The first-order valence-electron chi connectivity index (χ1n) is 11.0. The fourth-order valence-corrected chi connectivity index (χ4v) is 5.66. The number of benzene rings is 3. The van der Waals surface area contributed by atoms with Crippen molar-refractivity contribution in [1.29, 1.82) is 0 Å². The largest absolute Gasteiger partial charge is 0.496 e. The van der Waals surface area contributed by atoms with Crippen LogP contribution in [0, 0.1) is 13.8 Å². The number of carbonyl (C=O) groups excluding carboxylic acids is 1. The van der Waals surface area contributed by atoms with Crippen molar-refractivity contribution < 1.29 is 17.9 Å². The molecular weight excluding hydrogens is 507 g/mol. The van der Waals surface area contributed by atoms with Gasteiger partial charge in [0.2, 0.25) is 5.91 Å². The Labute approximate surface area is 216 Å². The van der Waals surface area contributed by atoms with Gasteiger partial charge in [0.25, 0.3) is 10.0 Å². The summed E-state index contributed by atoms with van der Waals surface area (Å²) >= 11 is 12.3. The monoisotopic (exact) mass is 534 g/mol. The maximum Gasteiger partial charge on any atom is 0.264 e. The molecule has 0 spiro atoms. The minimum atomic E-state index is -4.08. The van der Waals surface area contributed by atoms with Gasteiger partial charge in [0.1, 0.15) is 12.3 Å². The van der Waals surface area contributed by atoms with Crippen LogP contribution >= 0.6 is 23.2 Å². The van der Waals surface area contributed by atoms with E-state index in [0.717, 1.165) is 26.7 Å². The number of nitrogens with one attached hydrogen (secondary N) is 1. The van der Waals surface area contributed by atoms with E-state index in [1.54, 1.807) is 19.2 Å². The number of rotatable bonds is 9. The van der Waals surface area contributed by atoms with Gasteiger partial charge in [0, 0.05) is 10.0 Å². The fourth-order valence-electron chi connectivity index (χ4n) is 3.75. The second kappa shape index (κ2) is 11.3. The first kappa shape index (κ1) is 26.9. The molecule has 9 heteroatoms. The minimum absolute atomic E-state index is 0.0600. The van der Waals surface area contributed by atoms with Gasteiger partial charge < -0.3 is 10.1 Å². The number of hydrogen-bond donors (Lipinski definition) is 1. The van der Waals surface area contributed by atoms with Crippen LogP contribution in [0.3, 0.4) is 0 Å². The third-order valence-electron chi connectivity index (χ3n) is 5.60. The van der Waals surface area contributed by atoms with Crippen LogP contribution in [0.5, 0.6) is 5.75 Å². The van der Waals surface area contributed by atoms with Gasteiger partial charge in [-0.1, -0.05) is 60.0 Å². The van der Waals surface area contributed by atoms with Crippen molar-refractivity contribution in [3.63, 3.8) is 0 Å². The van der Waals surface area contributed by atoms with Crippen molar-refractivity contribution in [2.75, 3.05) is 18.0 Å². The van der Waals surface area contributed by atoms with E-state index < -0.39 is 22.5 Å². The average molecular weight is 535 g/mol. The Balaban J connectivity index is 1.94. The van der Waals surface area contributed by atoms with Gasteiger partial charge in [0.05, 0.1) is 23.7 Å². The Morgan fingerprint density at radius 1 is 1.00 bits per heavy atom. The minimum Gasteiger partial charge on any atom is -0.496 e. The molecule has 0 unspecified atom stereocenters. The topological polar surface area (TPSA) is 75.7 Å². The molecule has 6 nitrogen and oxygen atoms in total. The van der Waals surface area contributed by atoms with E-state index in [9.17, 15) is 13.2 Å². The van der Waals surface area contributed by atoms with Crippen LogP contribution < -0.4 is 14.4 Å². The molecule has 3 aromatic rings. The molecule has 0 saturated carbocycles. The Kier molecular flexibility index (Phi) is 8.70. The van der Waals surface area contributed by atoms with Crippen molar-refractivity contribution in [2.24, 2.45) is 0 Å². The number of methoxy groups -OCH3 is 1. The molecule has 1 amide bonds. The highest BCUT2D eigenvalue weighted by atomic mass is 35.5. The number of carbonyl (C=O) groups is 1. The van der Waals surface area contributed by atoms with E-state index >= 15 is 0 Å². The summed E-state index contributed by atoms with van der Waals surface area (Å²) in [5, 5.41) is 3.48. The molecule has 0 aromatic heterocycles. The molecule has 0 bridgehead atoms. The summed E-state index contributed by atoms with van der Waals surface area (Å²) in [7, 11) is -2.48. The molecule has 0 heterocycles. The van der Waals surface area contributed by atoms with Gasteiger partial charge >= 0.3 is 0 Å². The van der Waals surface area contributed by atoms with Gasteiger partial charge in [-0.25, -0.2) is 8.42 Å².